The van der Waals surface area contributed by atoms with Crippen LogP contribution in [-0.2, 0) is 16.0 Å². The number of nitrogens with one attached hydrogen (secondary N) is 1. The maximum Gasteiger partial charge on any atom is 0.326 e. The molecular formula is C18H25N3O5. The average Bonchev–Trinajstić information content (AvgIpc) is 2.87. The molecule has 2 rings (SSSR count). The Bertz CT molecular complexity index is 677. The maximum absolute atomic E-state index is 11.9. The molecule has 8 nitrogen and oxygen atoms in total. The molecule has 1 N–H and O–H groups in total. The summed E-state index contributed by atoms with van der Waals surface area (Å²) in [5, 5.41) is 2.84. The van der Waals surface area contributed by atoms with Crippen LogP contribution in [0.2, 0.25) is 0 Å². The average molecular weight is 363 g/mol. The smallest absolute Gasteiger partial charge is 0.326 e. The number of likely N-dealkylation sites (N-methyl/N-ethyl adjacent to an activating group) is 1. The van der Waals surface area contributed by atoms with Gasteiger partial charge in [0.15, 0.2) is 11.5 Å². The Morgan fingerprint density at radius 1 is 1.19 bits per heavy atom. The highest BCUT2D eigenvalue weighted by Gasteiger charge is 2.32. The van der Waals surface area contributed by atoms with Crippen molar-refractivity contribution in [3.05, 3.63) is 23.8 Å². The summed E-state index contributed by atoms with van der Waals surface area (Å²) in [4.78, 5) is 37.8. The zero-order valence-electron chi connectivity index (χ0n) is 15.4. The van der Waals surface area contributed by atoms with Gasteiger partial charge in [0.1, 0.15) is 6.54 Å². The van der Waals surface area contributed by atoms with E-state index in [1.807, 2.05) is 18.2 Å². The second-order valence-corrected chi connectivity index (χ2v) is 6.08. The fourth-order valence-electron chi connectivity index (χ4n) is 2.76. The fraction of sp³-hybridized carbons (Fsp3) is 0.500. The molecule has 142 valence electrons. The molecule has 0 spiro atoms. The quantitative estimate of drug-likeness (QED) is 0.662. The monoisotopic (exact) mass is 363 g/mol. The molecule has 0 atom stereocenters. The summed E-state index contributed by atoms with van der Waals surface area (Å²) in [7, 11) is 4.75. The van der Waals surface area contributed by atoms with Gasteiger partial charge < -0.3 is 19.7 Å². The van der Waals surface area contributed by atoms with Gasteiger partial charge in [0, 0.05) is 26.6 Å². The van der Waals surface area contributed by atoms with Gasteiger partial charge in [0.05, 0.1) is 14.2 Å². The van der Waals surface area contributed by atoms with Crippen LogP contribution in [0.25, 0.3) is 0 Å². The van der Waals surface area contributed by atoms with Crippen LogP contribution in [0, 0.1) is 0 Å². The molecule has 0 saturated carbocycles. The third-order valence-corrected chi connectivity index (χ3v) is 4.20. The molecule has 1 aromatic rings. The topological polar surface area (TPSA) is 88.2 Å². The molecule has 0 aromatic heterocycles. The number of ether oxygens (including phenoxy) is 2. The molecule has 4 amide bonds. The number of hydrogen-bond donors (Lipinski definition) is 1. The number of carbonyl (C=O) groups excluding carboxylic acids is 3. The van der Waals surface area contributed by atoms with Crippen molar-refractivity contribution in [1.82, 2.24) is 15.1 Å². The van der Waals surface area contributed by atoms with Gasteiger partial charge in [0.25, 0.3) is 0 Å². The Hall–Kier alpha value is -2.77. The SMILES string of the molecule is COc1ccc(CCNC(=O)CCCN2C(=O)CN(C)C2=O)cc1OC. The lowest BCUT2D eigenvalue weighted by Gasteiger charge is -2.13. The lowest BCUT2D eigenvalue weighted by Crippen LogP contribution is -2.33. The number of hydrogen-bond acceptors (Lipinski definition) is 5. The molecule has 1 aliphatic heterocycles. The molecule has 0 bridgehead atoms. The molecule has 8 heteroatoms. The predicted octanol–water partition coefficient (Wildman–Crippen LogP) is 1.04. The number of nitrogens with zero attached hydrogens (tertiary/aromatic N) is 2. The molecule has 0 unspecified atom stereocenters. The van der Waals surface area contributed by atoms with Gasteiger partial charge in [0.2, 0.25) is 11.8 Å². The summed E-state index contributed by atoms with van der Waals surface area (Å²) in [6.07, 6.45) is 1.39. The van der Waals surface area contributed by atoms with Crippen molar-refractivity contribution in [2.75, 3.05) is 40.9 Å². The van der Waals surface area contributed by atoms with Gasteiger partial charge in [-0.1, -0.05) is 6.07 Å². The number of benzene rings is 1. The van der Waals surface area contributed by atoms with Crippen LogP contribution >= 0.6 is 0 Å². The molecule has 0 aliphatic carbocycles. The number of methoxy groups -OCH3 is 2. The van der Waals surface area contributed by atoms with Crippen LogP contribution in [0.3, 0.4) is 0 Å². The Balaban J connectivity index is 1.69. The number of imide groups is 1. The zero-order valence-corrected chi connectivity index (χ0v) is 15.4. The van der Waals surface area contributed by atoms with Gasteiger partial charge >= 0.3 is 6.03 Å². The normalized spacial score (nSPS) is 14.0. The second-order valence-electron chi connectivity index (χ2n) is 6.08. The molecule has 1 heterocycles. The molecule has 0 radical (unpaired) electrons. The van der Waals surface area contributed by atoms with E-state index in [0.717, 1.165) is 5.56 Å². The van der Waals surface area contributed by atoms with Crippen molar-refractivity contribution in [3.63, 3.8) is 0 Å². The van der Waals surface area contributed by atoms with E-state index in [4.69, 9.17) is 9.47 Å². The van der Waals surface area contributed by atoms with E-state index in [1.165, 1.54) is 9.80 Å². The maximum atomic E-state index is 11.9. The van der Waals surface area contributed by atoms with Crippen molar-refractivity contribution in [3.8, 4) is 11.5 Å². The van der Waals surface area contributed by atoms with Gasteiger partial charge in [-0.05, 0) is 30.5 Å². The van der Waals surface area contributed by atoms with Gasteiger partial charge in [-0.2, -0.15) is 0 Å². The summed E-state index contributed by atoms with van der Waals surface area (Å²) in [5.41, 5.74) is 1.03. The lowest BCUT2D eigenvalue weighted by molar-refractivity contribution is -0.126. The van der Waals surface area contributed by atoms with E-state index >= 15 is 0 Å². The first-order valence-corrected chi connectivity index (χ1v) is 8.49. The third-order valence-electron chi connectivity index (χ3n) is 4.20. The summed E-state index contributed by atoms with van der Waals surface area (Å²) < 4.78 is 10.4. The third kappa shape index (κ3) is 4.87. The van der Waals surface area contributed by atoms with E-state index in [0.29, 0.717) is 30.9 Å². The zero-order chi connectivity index (χ0) is 19.1. The standard InChI is InChI=1S/C18H25N3O5/c1-20-12-17(23)21(18(20)24)10-4-5-16(22)19-9-8-13-6-7-14(25-2)15(11-13)26-3/h6-7,11H,4-5,8-10,12H2,1-3H3,(H,19,22). The number of rotatable bonds is 9. The van der Waals surface area contributed by atoms with E-state index < -0.39 is 0 Å². The van der Waals surface area contributed by atoms with Crippen LogP contribution in [0.5, 0.6) is 11.5 Å². The van der Waals surface area contributed by atoms with Gasteiger partial charge in [-0.3, -0.25) is 14.5 Å². The lowest BCUT2D eigenvalue weighted by atomic mass is 10.1. The van der Waals surface area contributed by atoms with Gasteiger partial charge in [-0.15, -0.1) is 0 Å². The predicted molar refractivity (Wildman–Crippen MR) is 95.2 cm³/mol. The Kier molecular flexibility index (Phi) is 6.82. The van der Waals surface area contributed by atoms with Crippen molar-refractivity contribution in [2.24, 2.45) is 0 Å². The summed E-state index contributed by atoms with van der Waals surface area (Å²) >= 11 is 0. The van der Waals surface area contributed by atoms with E-state index in [-0.39, 0.29) is 37.4 Å². The Morgan fingerprint density at radius 2 is 1.92 bits per heavy atom. The molecule has 1 saturated heterocycles. The molecule has 1 aliphatic rings. The highest BCUT2D eigenvalue weighted by Crippen LogP contribution is 2.27. The number of amides is 4. The summed E-state index contributed by atoms with van der Waals surface area (Å²) in [6.45, 7) is 0.875. The first-order valence-electron chi connectivity index (χ1n) is 8.49. The minimum Gasteiger partial charge on any atom is -0.493 e. The number of carbonyl (C=O) groups is 3. The Morgan fingerprint density at radius 3 is 2.54 bits per heavy atom. The second kappa shape index (κ2) is 9.07. The van der Waals surface area contributed by atoms with Crippen LogP contribution in [0.15, 0.2) is 18.2 Å². The van der Waals surface area contributed by atoms with Crippen LogP contribution in [0.4, 0.5) is 4.79 Å². The van der Waals surface area contributed by atoms with Crippen molar-refractivity contribution in [2.45, 2.75) is 19.3 Å². The summed E-state index contributed by atoms with van der Waals surface area (Å²) in [5.74, 6) is 1.00. The van der Waals surface area contributed by atoms with E-state index in [2.05, 4.69) is 5.32 Å². The minimum atomic E-state index is -0.302. The Labute approximate surface area is 153 Å². The van der Waals surface area contributed by atoms with Gasteiger partial charge in [-0.25, -0.2) is 4.79 Å². The summed E-state index contributed by atoms with van der Waals surface area (Å²) in [6, 6.07) is 5.33. The fourth-order valence-corrected chi connectivity index (χ4v) is 2.76. The van der Waals surface area contributed by atoms with E-state index in [9.17, 15) is 14.4 Å². The molecular weight excluding hydrogens is 338 g/mol. The largest absolute Gasteiger partial charge is 0.493 e. The van der Waals surface area contributed by atoms with Crippen molar-refractivity contribution >= 4 is 17.8 Å². The highest BCUT2D eigenvalue weighted by atomic mass is 16.5. The molecule has 1 aromatic carbocycles. The number of urea groups is 1. The molecule has 1 fully saturated rings. The molecule has 26 heavy (non-hydrogen) atoms. The van der Waals surface area contributed by atoms with E-state index in [1.54, 1.807) is 21.3 Å². The van der Waals surface area contributed by atoms with Crippen LogP contribution in [-0.4, -0.2) is 68.5 Å². The first-order chi connectivity index (χ1) is 12.5. The van der Waals surface area contributed by atoms with Crippen LogP contribution in [0.1, 0.15) is 18.4 Å². The van der Waals surface area contributed by atoms with Crippen LogP contribution < -0.4 is 14.8 Å². The van der Waals surface area contributed by atoms with Crippen molar-refractivity contribution < 1.29 is 23.9 Å². The highest BCUT2D eigenvalue weighted by molar-refractivity contribution is 6.01. The van der Waals surface area contributed by atoms with Crippen molar-refractivity contribution in [1.29, 1.82) is 0 Å². The minimum absolute atomic E-state index is 0.0991. The first kappa shape index (κ1) is 19.6.